The number of aliphatic imine (C=N–C) groups is 2. The normalized spacial score (nSPS) is 24.7. The molecule has 14 heavy (non-hydrogen) atoms. The molecule has 0 saturated carbocycles. The second kappa shape index (κ2) is 9.63. The molecule has 0 aromatic heterocycles. The van der Waals surface area contributed by atoms with Crippen LogP contribution in [0.3, 0.4) is 0 Å². The van der Waals surface area contributed by atoms with Gasteiger partial charge in [-0.05, 0) is 0 Å². The fourth-order valence-corrected chi connectivity index (χ4v) is 7.56. The zero-order valence-corrected chi connectivity index (χ0v) is 11.2. The van der Waals surface area contributed by atoms with Crippen LogP contribution in [0.5, 0.6) is 0 Å². The van der Waals surface area contributed by atoms with E-state index < -0.39 is 0 Å². The van der Waals surface area contributed by atoms with Crippen LogP contribution >= 0.6 is 13.0 Å². The Labute approximate surface area is 98.9 Å². The van der Waals surface area contributed by atoms with Crippen LogP contribution in [0.25, 0.3) is 0 Å². The van der Waals surface area contributed by atoms with Crippen LogP contribution in [-0.4, -0.2) is 52.0 Å². The zero-order valence-electron chi connectivity index (χ0n) is 6.92. The molecule has 0 aromatic rings. The van der Waals surface area contributed by atoms with Gasteiger partial charge in [0.2, 0.25) is 0 Å². The zero-order chi connectivity index (χ0) is 10.8. The summed E-state index contributed by atoms with van der Waals surface area (Å²) < 4.78 is 9.19. The monoisotopic (exact) mass is 350 g/mol. The van der Waals surface area contributed by atoms with Crippen LogP contribution in [0.1, 0.15) is 0 Å². The summed E-state index contributed by atoms with van der Waals surface area (Å²) in [6.07, 6.45) is 3.12. The van der Waals surface area contributed by atoms with Crippen molar-refractivity contribution in [3.8, 4) is 0 Å². The molecule has 0 aliphatic carbocycles. The van der Waals surface area contributed by atoms with E-state index in [1.165, 1.54) is 0 Å². The minimum absolute atomic E-state index is 0.103. The molecule has 1 aliphatic rings. The first kappa shape index (κ1) is 14.1. The minimum atomic E-state index is 0.103. The van der Waals surface area contributed by atoms with Crippen LogP contribution in [0.2, 0.25) is 10.6 Å². The Balaban J connectivity index is 0.000000791. The number of nitrogens with zero attached hydrogens (tertiary/aromatic N) is 2. The van der Waals surface area contributed by atoms with E-state index in [1.807, 2.05) is 13.0 Å². The van der Waals surface area contributed by atoms with Crippen LogP contribution in [-0.2, 0) is 9.59 Å². The molecular weight excluding hydrogens is 341 g/mol. The quantitative estimate of drug-likeness (QED) is 0.339. The van der Waals surface area contributed by atoms with E-state index in [2.05, 4.69) is 9.98 Å². The Morgan fingerprint density at radius 3 is 1.93 bits per heavy atom. The molecule has 0 aromatic carbocycles. The number of hydrogen-bond donors (Lipinski definition) is 1. The van der Waals surface area contributed by atoms with Gasteiger partial charge in [-0.2, -0.15) is 3.89 Å². The molecular formula is C6H7FN2O2SSe2. The molecule has 78 valence electrons. The first-order valence-electron chi connectivity index (χ1n) is 3.41. The number of thiol groups is 1. The van der Waals surface area contributed by atoms with Crippen molar-refractivity contribution < 1.29 is 13.5 Å². The van der Waals surface area contributed by atoms with Gasteiger partial charge >= 0.3 is 82.2 Å². The van der Waals surface area contributed by atoms with Gasteiger partial charge in [-0.15, -0.1) is 0 Å². The molecule has 1 saturated heterocycles. The van der Waals surface area contributed by atoms with Crippen molar-refractivity contribution in [1.82, 2.24) is 0 Å². The summed E-state index contributed by atoms with van der Waals surface area (Å²) in [6.45, 7) is 0. The van der Waals surface area contributed by atoms with E-state index in [0.29, 0.717) is 15.0 Å². The molecule has 1 fully saturated rings. The fourth-order valence-electron chi connectivity index (χ4n) is 0.783. The third-order valence-corrected chi connectivity index (χ3v) is 8.14. The topological polar surface area (TPSA) is 58.9 Å². The van der Waals surface area contributed by atoms with Gasteiger partial charge in [-0.25, -0.2) is 0 Å². The van der Waals surface area contributed by atoms with Gasteiger partial charge in [0.1, 0.15) is 0 Å². The molecule has 2 atom stereocenters. The summed E-state index contributed by atoms with van der Waals surface area (Å²) >= 11 is 2.64. The van der Waals surface area contributed by atoms with E-state index in [1.54, 1.807) is 12.2 Å². The Kier molecular flexibility index (Phi) is 9.68. The SMILES string of the molecule is FS.O=C=NC1C[Se]CC(N=C=O)[Se]1. The van der Waals surface area contributed by atoms with Crippen molar-refractivity contribution in [2.75, 3.05) is 0 Å². The fraction of sp³-hybridized carbons (Fsp3) is 0.667. The van der Waals surface area contributed by atoms with E-state index in [-0.39, 0.29) is 24.8 Å². The second-order valence-corrected chi connectivity index (χ2v) is 7.13. The molecule has 0 N–H and O–H groups in total. The second-order valence-electron chi connectivity index (χ2n) is 2.02. The Morgan fingerprint density at radius 2 is 1.57 bits per heavy atom. The molecule has 2 unspecified atom stereocenters. The molecule has 4 nitrogen and oxygen atoms in total. The molecule has 0 spiro atoms. The van der Waals surface area contributed by atoms with Crippen molar-refractivity contribution >= 4 is 55.1 Å². The van der Waals surface area contributed by atoms with E-state index in [9.17, 15) is 13.5 Å². The van der Waals surface area contributed by atoms with Crippen molar-refractivity contribution in [2.24, 2.45) is 9.98 Å². The summed E-state index contributed by atoms with van der Waals surface area (Å²) in [4.78, 5) is 27.4. The predicted molar refractivity (Wildman–Crippen MR) is 55.0 cm³/mol. The number of isocyanates is 2. The van der Waals surface area contributed by atoms with Crippen LogP contribution in [0.4, 0.5) is 3.89 Å². The molecule has 0 radical (unpaired) electrons. The number of carbonyl (C=O) groups excluding carboxylic acids is 2. The van der Waals surface area contributed by atoms with Crippen LogP contribution in [0.15, 0.2) is 9.98 Å². The van der Waals surface area contributed by atoms with Gasteiger partial charge in [-0.3, -0.25) is 0 Å². The first-order valence-corrected chi connectivity index (χ1v) is 8.14. The first-order chi connectivity index (χ1) is 6.86. The third-order valence-electron chi connectivity index (χ3n) is 1.23. The summed E-state index contributed by atoms with van der Waals surface area (Å²) in [5.41, 5.74) is 0. The summed E-state index contributed by atoms with van der Waals surface area (Å²) in [6, 6.07) is 0. The van der Waals surface area contributed by atoms with Gasteiger partial charge in [0.25, 0.3) is 0 Å². The Hall–Kier alpha value is 0.0790. The van der Waals surface area contributed by atoms with Gasteiger partial charge in [0.15, 0.2) is 0 Å². The molecule has 0 amide bonds. The van der Waals surface area contributed by atoms with Crippen molar-refractivity contribution in [1.29, 1.82) is 0 Å². The molecule has 0 bridgehead atoms. The van der Waals surface area contributed by atoms with Crippen molar-refractivity contribution in [3.63, 3.8) is 0 Å². The van der Waals surface area contributed by atoms with Crippen LogP contribution < -0.4 is 0 Å². The average molecular weight is 348 g/mol. The molecule has 8 heteroatoms. The van der Waals surface area contributed by atoms with Crippen molar-refractivity contribution in [2.45, 2.75) is 20.5 Å². The van der Waals surface area contributed by atoms with E-state index in [4.69, 9.17) is 0 Å². The standard InChI is InChI=1S/C6H6N2O2Se2.FHS/c9-3-7-5-1-11-2-6(12-5)8-4-10;1-2/h5-6H,1-2H2;2H. The van der Waals surface area contributed by atoms with Gasteiger partial charge in [-0.1, -0.05) is 0 Å². The van der Waals surface area contributed by atoms with Crippen LogP contribution in [0, 0.1) is 0 Å². The van der Waals surface area contributed by atoms with Gasteiger partial charge in [0, 0.05) is 13.0 Å². The molecule has 1 rings (SSSR count). The van der Waals surface area contributed by atoms with Crippen molar-refractivity contribution in [3.05, 3.63) is 0 Å². The average Bonchev–Trinajstić information content (AvgIpc) is 2.22. The van der Waals surface area contributed by atoms with E-state index >= 15 is 0 Å². The summed E-state index contributed by atoms with van der Waals surface area (Å²) in [5, 5.41) is 1.99. The summed E-state index contributed by atoms with van der Waals surface area (Å²) in [7, 11) is 0. The number of rotatable bonds is 2. The maximum absolute atomic E-state index is 9.95. The maximum atomic E-state index is 9.95. The molecule has 1 aliphatic heterocycles. The number of hydrogen-bond acceptors (Lipinski definition) is 5. The van der Waals surface area contributed by atoms with Gasteiger partial charge < -0.3 is 0 Å². The predicted octanol–water partition coefficient (Wildman–Crippen LogP) is 0.369. The molecule has 1 heterocycles. The van der Waals surface area contributed by atoms with Gasteiger partial charge in [0.05, 0.1) is 0 Å². The van der Waals surface area contributed by atoms with E-state index in [0.717, 1.165) is 10.6 Å². The third kappa shape index (κ3) is 5.73. The Bertz CT molecular complexity index is 232. The summed E-state index contributed by atoms with van der Waals surface area (Å²) in [5.74, 6) is 0. The number of halogens is 1. The Morgan fingerprint density at radius 1 is 1.14 bits per heavy atom.